The molecule has 5 heteroatoms. The number of carboxylic acids is 1. The minimum Gasteiger partial charge on any atom is -0.480 e. The van der Waals surface area contributed by atoms with Gasteiger partial charge < -0.3 is 5.11 Å². The Hall–Kier alpha value is -1.65. The molecule has 3 rings (SSSR count). The molecule has 1 unspecified atom stereocenters. The molecule has 1 atom stereocenters. The first kappa shape index (κ1) is 14.3. The van der Waals surface area contributed by atoms with Gasteiger partial charge >= 0.3 is 5.97 Å². The first-order valence-corrected chi connectivity index (χ1v) is 7.41. The highest BCUT2D eigenvalue weighted by Gasteiger charge is 2.43. The van der Waals surface area contributed by atoms with Gasteiger partial charge in [0, 0.05) is 23.2 Å². The van der Waals surface area contributed by atoms with Crippen molar-refractivity contribution in [1.29, 1.82) is 0 Å². The largest absolute Gasteiger partial charge is 0.480 e. The summed E-state index contributed by atoms with van der Waals surface area (Å²) in [4.78, 5) is 18.0. The highest BCUT2D eigenvalue weighted by atomic mass is 35.5. The summed E-state index contributed by atoms with van der Waals surface area (Å²) in [5.41, 5.74) is 1.08. The van der Waals surface area contributed by atoms with E-state index in [1.54, 1.807) is 13.1 Å². The Labute approximate surface area is 128 Å². The van der Waals surface area contributed by atoms with Gasteiger partial charge in [-0.05, 0) is 50.1 Å². The van der Waals surface area contributed by atoms with Gasteiger partial charge in [-0.3, -0.25) is 14.7 Å². The number of pyridine rings is 1. The summed E-state index contributed by atoms with van der Waals surface area (Å²) in [7, 11) is 0. The lowest BCUT2D eigenvalue weighted by Gasteiger charge is -2.31. The molecule has 1 aromatic heterocycles. The average molecular weight is 305 g/mol. The van der Waals surface area contributed by atoms with E-state index >= 15 is 0 Å². The van der Waals surface area contributed by atoms with Crippen molar-refractivity contribution in [2.24, 2.45) is 0 Å². The summed E-state index contributed by atoms with van der Waals surface area (Å²) in [6.07, 6.45) is 3.32. The monoisotopic (exact) mass is 304 g/mol. The van der Waals surface area contributed by atoms with Gasteiger partial charge in [-0.15, -0.1) is 0 Å². The fourth-order valence-corrected chi connectivity index (χ4v) is 3.26. The molecule has 1 fully saturated rings. The summed E-state index contributed by atoms with van der Waals surface area (Å²) >= 11 is 6.20. The molecular formula is C16H17ClN2O2. The average Bonchev–Trinajstić information content (AvgIpc) is 2.85. The third-order valence-electron chi connectivity index (χ3n) is 4.41. The Kier molecular flexibility index (Phi) is 3.59. The zero-order chi connectivity index (χ0) is 15.0. The topological polar surface area (TPSA) is 53.4 Å². The Morgan fingerprint density at radius 3 is 3.05 bits per heavy atom. The molecule has 0 bridgehead atoms. The van der Waals surface area contributed by atoms with E-state index in [2.05, 4.69) is 4.98 Å². The van der Waals surface area contributed by atoms with Crippen LogP contribution < -0.4 is 0 Å². The van der Waals surface area contributed by atoms with Crippen molar-refractivity contribution in [3.63, 3.8) is 0 Å². The van der Waals surface area contributed by atoms with Crippen LogP contribution in [0.25, 0.3) is 10.9 Å². The molecule has 1 N–H and O–H groups in total. The van der Waals surface area contributed by atoms with Gasteiger partial charge in [0.05, 0.1) is 5.52 Å². The maximum Gasteiger partial charge on any atom is 0.323 e. The van der Waals surface area contributed by atoms with Gasteiger partial charge in [-0.2, -0.15) is 0 Å². The van der Waals surface area contributed by atoms with E-state index in [-0.39, 0.29) is 0 Å². The Balaban J connectivity index is 1.99. The van der Waals surface area contributed by atoms with Crippen molar-refractivity contribution in [3.8, 4) is 0 Å². The summed E-state index contributed by atoms with van der Waals surface area (Å²) in [5.74, 6) is -0.758. The molecule has 2 aromatic rings. The summed E-state index contributed by atoms with van der Waals surface area (Å²) in [6.45, 7) is 3.17. The number of rotatable bonds is 3. The number of hydrogen-bond acceptors (Lipinski definition) is 3. The van der Waals surface area contributed by atoms with E-state index < -0.39 is 11.5 Å². The number of halogens is 1. The van der Waals surface area contributed by atoms with Gasteiger partial charge in [0.15, 0.2) is 0 Å². The van der Waals surface area contributed by atoms with E-state index in [0.29, 0.717) is 18.0 Å². The predicted octanol–water partition coefficient (Wildman–Crippen LogP) is 3.33. The van der Waals surface area contributed by atoms with Gasteiger partial charge in [0.1, 0.15) is 5.54 Å². The van der Waals surface area contributed by atoms with E-state index in [1.807, 2.05) is 29.2 Å². The molecule has 0 amide bonds. The Bertz CT molecular complexity index is 704. The summed E-state index contributed by atoms with van der Waals surface area (Å²) < 4.78 is 0. The van der Waals surface area contributed by atoms with E-state index in [0.717, 1.165) is 29.4 Å². The number of hydrogen-bond donors (Lipinski definition) is 1. The standard InChI is InChI=1S/C16H17ClN2O2/c1-16(15(20)21)7-3-9-19(16)10-11-5-6-13(17)12-4-2-8-18-14(11)12/h2,4-6,8H,3,7,9-10H2,1H3,(H,20,21). The van der Waals surface area contributed by atoms with E-state index in [9.17, 15) is 9.90 Å². The smallest absolute Gasteiger partial charge is 0.323 e. The van der Waals surface area contributed by atoms with Crippen LogP contribution in [0.4, 0.5) is 0 Å². The molecule has 21 heavy (non-hydrogen) atoms. The van der Waals surface area contributed by atoms with Crippen molar-refractivity contribution in [2.45, 2.75) is 31.8 Å². The fraction of sp³-hybridized carbons (Fsp3) is 0.375. The third kappa shape index (κ3) is 2.39. The lowest BCUT2D eigenvalue weighted by atomic mass is 9.98. The number of benzene rings is 1. The number of likely N-dealkylation sites (tertiary alicyclic amines) is 1. The second-order valence-electron chi connectivity index (χ2n) is 5.71. The molecule has 0 aliphatic carbocycles. The van der Waals surface area contributed by atoms with Crippen LogP contribution in [0.15, 0.2) is 30.5 Å². The van der Waals surface area contributed by atoms with E-state index in [1.165, 1.54) is 0 Å². The number of nitrogens with zero attached hydrogens (tertiary/aromatic N) is 2. The SMILES string of the molecule is CC1(C(=O)O)CCCN1Cc1ccc(Cl)c2cccnc12. The van der Waals surface area contributed by atoms with Gasteiger partial charge in [-0.25, -0.2) is 0 Å². The molecule has 1 saturated heterocycles. The zero-order valence-corrected chi connectivity index (χ0v) is 12.6. The molecular weight excluding hydrogens is 288 g/mol. The lowest BCUT2D eigenvalue weighted by molar-refractivity contribution is -0.148. The van der Waals surface area contributed by atoms with Crippen LogP contribution in [0.3, 0.4) is 0 Å². The minimum atomic E-state index is -0.791. The molecule has 0 radical (unpaired) electrons. The van der Waals surface area contributed by atoms with Crippen LogP contribution >= 0.6 is 11.6 Å². The summed E-state index contributed by atoms with van der Waals surface area (Å²) in [6, 6.07) is 7.59. The van der Waals surface area contributed by atoms with Crippen LogP contribution in [0.2, 0.25) is 5.02 Å². The molecule has 4 nitrogen and oxygen atoms in total. The predicted molar refractivity (Wildman–Crippen MR) is 82.4 cm³/mol. The molecule has 1 aromatic carbocycles. The van der Waals surface area contributed by atoms with Crippen LogP contribution in [0.1, 0.15) is 25.3 Å². The molecule has 110 valence electrons. The maximum atomic E-state index is 11.6. The second kappa shape index (κ2) is 5.28. The molecule has 0 saturated carbocycles. The van der Waals surface area contributed by atoms with Gasteiger partial charge in [0.25, 0.3) is 0 Å². The van der Waals surface area contributed by atoms with E-state index in [4.69, 9.17) is 11.6 Å². The van der Waals surface area contributed by atoms with Crippen LogP contribution in [-0.2, 0) is 11.3 Å². The normalized spacial score (nSPS) is 22.8. The lowest BCUT2D eigenvalue weighted by Crippen LogP contribution is -2.47. The maximum absolute atomic E-state index is 11.6. The third-order valence-corrected chi connectivity index (χ3v) is 4.74. The van der Waals surface area contributed by atoms with Crippen LogP contribution in [0, 0.1) is 0 Å². The quantitative estimate of drug-likeness (QED) is 0.945. The number of aromatic nitrogens is 1. The molecule has 2 heterocycles. The first-order valence-electron chi connectivity index (χ1n) is 7.03. The van der Waals surface area contributed by atoms with Crippen molar-refractivity contribution in [1.82, 2.24) is 9.88 Å². The van der Waals surface area contributed by atoms with Crippen LogP contribution in [-0.4, -0.2) is 33.0 Å². The minimum absolute atomic E-state index is 0.577. The Morgan fingerprint density at radius 2 is 2.29 bits per heavy atom. The highest BCUT2D eigenvalue weighted by Crippen LogP contribution is 2.33. The number of carbonyl (C=O) groups is 1. The van der Waals surface area contributed by atoms with Gasteiger partial charge in [0.2, 0.25) is 0 Å². The molecule has 0 spiro atoms. The number of fused-ring (bicyclic) bond motifs is 1. The van der Waals surface area contributed by atoms with Crippen molar-refractivity contribution >= 4 is 28.5 Å². The number of aliphatic carboxylic acids is 1. The fourth-order valence-electron chi connectivity index (χ4n) is 3.04. The Morgan fingerprint density at radius 1 is 1.48 bits per heavy atom. The molecule has 1 aliphatic heterocycles. The van der Waals surface area contributed by atoms with Gasteiger partial charge in [-0.1, -0.05) is 17.7 Å². The highest BCUT2D eigenvalue weighted by molar-refractivity contribution is 6.35. The molecule has 1 aliphatic rings. The summed E-state index contributed by atoms with van der Waals surface area (Å²) in [5, 5.41) is 11.1. The second-order valence-corrected chi connectivity index (χ2v) is 6.12. The van der Waals surface area contributed by atoms with Crippen molar-refractivity contribution in [3.05, 3.63) is 41.0 Å². The zero-order valence-electron chi connectivity index (χ0n) is 11.8. The number of carboxylic acid groups (broad SMARTS) is 1. The van der Waals surface area contributed by atoms with Crippen LogP contribution in [0.5, 0.6) is 0 Å². The van der Waals surface area contributed by atoms with Crippen molar-refractivity contribution in [2.75, 3.05) is 6.54 Å². The first-order chi connectivity index (χ1) is 10.0. The van der Waals surface area contributed by atoms with Crippen molar-refractivity contribution < 1.29 is 9.90 Å².